The summed E-state index contributed by atoms with van der Waals surface area (Å²) < 4.78 is 23.1. The maximum absolute atomic E-state index is 14.3. The van der Waals surface area contributed by atoms with Crippen LogP contribution in [0.4, 0.5) is 9.18 Å². The molecular weight excluding hydrogens is 1900 g/mol. The van der Waals surface area contributed by atoms with Gasteiger partial charge in [-0.2, -0.15) is 5.10 Å². The summed E-state index contributed by atoms with van der Waals surface area (Å²) in [4.78, 5) is 19.4. The molecule has 6 aromatic heterocycles. The number of carbonyl (C=O) groups excluding carboxylic acids is 1. The van der Waals surface area contributed by atoms with Gasteiger partial charge in [0.05, 0.1) is 26.0 Å². The number of thiophene rings is 3. The monoisotopic (exact) mass is 2000 g/mol. The van der Waals surface area contributed by atoms with Crippen LogP contribution >= 0.6 is 57.2 Å². The van der Waals surface area contributed by atoms with Gasteiger partial charge in [-0.15, -0.1) is 34.0 Å². The Bertz CT molecular complexity index is 6920. The quantitative estimate of drug-likeness (QED) is 0.0322. The minimum absolute atomic E-state index is 0. The molecule has 137 heavy (non-hydrogen) atoms. The Morgan fingerprint density at radius 3 is 1.07 bits per heavy atom. The van der Waals surface area contributed by atoms with Crippen molar-refractivity contribution in [3.05, 3.63) is 624 Å². The molecule has 678 valence electrons. The normalized spacial score (nSPS) is 11.2. The van der Waals surface area contributed by atoms with Crippen molar-refractivity contribution < 1.29 is 47.9 Å². The number of nitrogens with two attached hydrogens (primary N) is 1. The molecule has 0 bridgehead atoms. The fourth-order valence-corrected chi connectivity index (χ4v) is 21.2. The molecule has 0 saturated carbocycles. The lowest BCUT2D eigenvalue weighted by atomic mass is 9.77. The van der Waals surface area contributed by atoms with E-state index in [4.69, 9.17) is 28.9 Å². The maximum atomic E-state index is 14.3. The standard InChI is InChI=1S/C23H21N2.C22H17ClN2.C20H17ClN2O.C20H16N2S.C19H15FO.C15H12OS2.HI/c1-24-21(18-12-6-3-7-13-18)22(19-14-8-4-9-15-19)25(2)23(24)20-16-10-5-11-17-20;23-21-15-8-7-14-20(21)22(25-17-9-16-24-25,18-10-3-1-4-11-18)19-12-5-2-6-13-19;21-18-14-8-7-13-17(18)20(23-19(22)24,15-9-3-1-4-10-15)16-11-5-2-6-12-16;1-3-8-17(9-4-1)20(19-12-7-15-23-19,22-14-13-21-16-22)18-10-5-2-6-11-18;20-18-14-8-7-13-17(18)19(21,15-9-3-1-4-10-15)16-11-5-2-6-12-16;16-15(13-8-4-10-17-13,14-9-5-11-18-14)12-6-2-1-3-7-12;/h3-17H,1-2H3;1-17H;1-14H,(H3,22,23,24);1-16H;1-14,21H;1-11,16H;1H/q+1;;;;;;/p-1. The second-order valence-corrected chi connectivity index (χ2v) is 35.6. The van der Waals surface area contributed by atoms with Crippen LogP contribution in [-0.2, 0) is 41.9 Å². The third-order valence-corrected chi connectivity index (χ3v) is 27.5. The van der Waals surface area contributed by atoms with Crippen molar-refractivity contribution in [1.82, 2.24) is 29.2 Å². The van der Waals surface area contributed by atoms with Crippen LogP contribution in [0.2, 0.25) is 10.0 Å². The minimum atomic E-state index is -1.51. The van der Waals surface area contributed by atoms with E-state index in [1.807, 2.05) is 271 Å². The fraction of sp³-hybridized carbons (Fsp3) is 0.0588. The van der Waals surface area contributed by atoms with Gasteiger partial charge in [0.15, 0.2) is 17.0 Å². The summed E-state index contributed by atoms with van der Waals surface area (Å²) in [5, 5.41) is 37.5. The maximum Gasteiger partial charge on any atom is 0.313 e. The summed E-state index contributed by atoms with van der Waals surface area (Å²) in [6.45, 7) is 0. The predicted molar refractivity (Wildman–Crippen MR) is 555 cm³/mol. The molecule has 18 heteroatoms. The van der Waals surface area contributed by atoms with Crippen molar-refractivity contribution in [2.75, 3.05) is 0 Å². The molecule has 5 N–H and O–H groups in total. The highest BCUT2D eigenvalue weighted by molar-refractivity contribution is 7.12. The Morgan fingerprint density at radius 1 is 0.365 bits per heavy atom. The highest BCUT2D eigenvalue weighted by atomic mass is 127. The van der Waals surface area contributed by atoms with Gasteiger partial charge in [0.25, 0.3) is 5.82 Å². The highest BCUT2D eigenvalue weighted by Crippen LogP contribution is 2.48. The Hall–Kier alpha value is -14.5. The van der Waals surface area contributed by atoms with E-state index in [1.54, 1.807) is 88.7 Å². The number of hydrogen-bond acceptors (Lipinski definition) is 8. The molecule has 0 aliphatic rings. The van der Waals surface area contributed by atoms with Crippen molar-refractivity contribution in [2.24, 2.45) is 19.8 Å². The molecule has 0 aliphatic carbocycles. The number of aromatic nitrogens is 6. The lowest BCUT2D eigenvalue weighted by Crippen LogP contribution is -3.00. The van der Waals surface area contributed by atoms with E-state index in [2.05, 4.69) is 243 Å². The lowest BCUT2D eigenvalue weighted by molar-refractivity contribution is -0.648. The number of nitrogens with one attached hydrogen (secondary N) is 1. The number of hydrogen-bond donors (Lipinski definition) is 4. The molecule has 0 unspecified atom stereocenters. The second-order valence-electron chi connectivity index (χ2n) is 31.9. The number of rotatable bonds is 21. The molecule has 6 heterocycles. The Balaban J connectivity index is 0.000000125. The van der Waals surface area contributed by atoms with E-state index < -0.39 is 39.7 Å². The van der Waals surface area contributed by atoms with Crippen LogP contribution in [-0.4, -0.2) is 40.1 Å². The number of carbonyl (C=O) groups is 1. The van der Waals surface area contributed by atoms with E-state index >= 15 is 0 Å². The zero-order chi connectivity index (χ0) is 94.0. The fourth-order valence-electron chi connectivity index (χ4n) is 17.9. The third-order valence-electron chi connectivity index (χ3n) is 23.9. The van der Waals surface area contributed by atoms with Gasteiger partial charge in [-0.25, -0.2) is 23.3 Å². The Kier molecular flexibility index (Phi) is 32.7. The average molecular weight is 2000 g/mol. The van der Waals surface area contributed by atoms with Crippen molar-refractivity contribution >= 4 is 63.2 Å². The number of primary amides is 1. The van der Waals surface area contributed by atoms with Crippen LogP contribution in [0, 0.1) is 5.82 Å². The van der Waals surface area contributed by atoms with Crippen LogP contribution in [0.15, 0.2) is 526 Å². The topological polar surface area (TPSA) is 140 Å². The zero-order valence-electron chi connectivity index (χ0n) is 75.0. The summed E-state index contributed by atoms with van der Waals surface area (Å²) in [6, 6.07) is 157. The first-order valence-corrected chi connectivity index (χ1v) is 47.7. The second kappa shape index (κ2) is 46.1. The molecule has 2 amide bonds. The van der Waals surface area contributed by atoms with Gasteiger partial charge in [0.1, 0.15) is 28.0 Å². The van der Waals surface area contributed by atoms with Crippen LogP contribution < -0.4 is 39.6 Å². The van der Waals surface area contributed by atoms with Gasteiger partial charge in [0, 0.05) is 77.3 Å². The summed E-state index contributed by atoms with van der Waals surface area (Å²) in [6.07, 6.45) is 9.58. The number of urea groups is 1. The first kappa shape index (κ1) is 97.0. The van der Waals surface area contributed by atoms with Crippen LogP contribution in [0.3, 0.4) is 0 Å². The molecule has 15 aromatic carbocycles. The number of aliphatic hydroxyl groups is 2. The SMILES string of the molecule is Clc1ccccc1C(c1ccccc1)(c1ccccc1)n1cccn1.Cn1c(-c2ccccc2)c(-c2ccccc2)[n+](C)c1-c1ccccc1.NC(=O)NC(c1ccccc1)(c1ccccc1)c1ccccc1Cl.OC(c1ccccc1)(c1ccccc1)c1ccccc1F.OC(c1ccccc1)(c1cccs1)c1cccs1.[I-].c1ccc(C(c2ccccc2)(c2cccs2)n2ccnc2)cc1. The molecule has 0 saturated heterocycles. The summed E-state index contributed by atoms with van der Waals surface area (Å²) in [5.74, 6) is 0.769. The number of halogens is 4. The number of amides is 2. The summed E-state index contributed by atoms with van der Waals surface area (Å²) in [7, 11) is 4.30. The van der Waals surface area contributed by atoms with Gasteiger partial charge in [0.2, 0.25) is 0 Å². The molecule has 21 rings (SSSR count). The van der Waals surface area contributed by atoms with Gasteiger partial charge >= 0.3 is 6.03 Å². The molecule has 0 fully saturated rings. The summed E-state index contributed by atoms with van der Waals surface area (Å²) >= 11 is 18.1. The Labute approximate surface area is 838 Å². The van der Waals surface area contributed by atoms with Crippen molar-refractivity contribution in [2.45, 2.75) is 27.8 Å². The molecule has 0 radical (unpaired) electrons. The smallest absolute Gasteiger partial charge is 0.313 e. The molecule has 0 atom stereocenters. The van der Waals surface area contributed by atoms with Crippen molar-refractivity contribution in [1.29, 1.82) is 0 Å². The predicted octanol–water partition coefficient (Wildman–Crippen LogP) is 24.5. The third kappa shape index (κ3) is 20.8. The lowest BCUT2D eigenvalue weighted by Gasteiger charge is -2.36. The molecule has 11 nitrogen and oxygen atoms in total. The van der Waals surface area contributed by atoms with Gasteiger partial charge < -0.3 is 49.8 Å². The number of benzene rings is 15. The largest absolute Gasteiger partial charge is 1.00 e. The van der Waals surface area contributed by atoms with Gasteiger partial charge in [-0.1, -0.05) is 448 Å². The van der Waals surface area contributed by atoms with E-state index in [1.165, 1.54) is 56.0 Å². The van der Waals surface area contributed by atoms with E-state index in [0.717, 1.165) is 48.7 Å². The number of imidazole rings is 2. The zero-order valence-corrected chi connectivity index (χ0v) is 81.1. The van der Waals surface area contributed by atoms with E-state index in [9.17, 15) is 19.4 Å². The first-order chi connectivity index (χ1) is 66.7. The highest BCUT2D eigenvalue weighted by Gasteiger charge is 2.44. The molecular formula is C119H98Cl2FIN8O3S3. The van der Waals surface area contributed by atoms with Gasteiger partial charge in [-0.05, 0) is 121 Å². The molecule has 0 aliphatic heterocycles. The molecule has 0 spiro atoms. The van der Waals surface area contributed by atoms with Crippen molar-refractivity contribution in [3.8, 4) is 33.9 Å². The molecule has 21 aromatic rings. The average Bonchev–Trinajstić information content (AvgIpc) is 1.72. The minimum Gasteiger partial charge on any atom is -1.00 e. The first-order valence-electron chi connectivity index (χ1n) is 44.3. The summed E-state index contributed by atoms with van der Waals surface area (Å²) in [5.41, 5.74) is 17.8. The van der Waals surface area contributed by atoms with Crippen LogP contribution in [0.25, 0.3) is 33.9 Å². The van der Waals surface area contributed by atoms with E-state index in [-0.39, 0.29) is 29.5 Å². The van der Waals surface area contributed by atoms with Crippen LogP contribution in [0.1, 0.15) is 81.4 Å². The van der Waals surface area contributed by atoms with E-state index in [0.29, 0.717) is 21.2 Å². The van der Waals surface area contributed by atoms with Crippen molar-refractivity contribution in [3.63, 3.8) is 0 Å². The van der Waals surface area contributed by atoms with Gasteiger partial charge in [-0.3, -0.25) is 4.68 Å². The van der Waals surface area contributed by atoms with Crippen LogP contribution in [0.5, 0.6) is 0 Å². The Morgan fingerprint density at radius 2 is 0.701 bits per heavy atom. The number of nitrogens with zero attached hydrogens (tertiary/aromatic N) is 6.